The van der Waals surface area contributed by atoms with Gasteiger partial charge in [-0.3, -0.25) is 0 Å². The van der Waals surface area contributed by atoms with Crippen molar-refractivity contribution in [3.63, 3.8) is 0 Å². The highest BCUT2D eigenvalue weighted by Gasteiger charge is 2.41. The van der Waals surface area contributed by atoms with Crippen LogP contribution >= 0.6 is 0 Å². The number of urea groups is 1. The third-order valence-corrected chi connectivity index (χ3v) is 3.46. The van der Waals surface area contributed by atoms with E-state index in [1.165, 1.54) is 12.1 Å². The first-order chi connectivity index (χ1) is 9.35. The minimum atomic E-state index is -4.42. The van der Waals surface area contributed by atoms with Gasteiger partial charge in [0.1, 0.15) is 0 Å². The molecule has 0 unspecified atom stereocenters. The summed E-state index contributed by atoms with van der Waals surface area (Å²) in [5.74, 6) is 0. The monoisotopic (exact) mass is 287 g/mol. The van der Waals surface area contributed by atoms with Crippen molar-refractivity contribution in [2.45, 2.75) is 19.0 Å². The molecule has 4 nitrogen and oxygen atoms in total. The Morgan fingerprint density at radius 3 is 2.60 bits per heavy atom. The van der Waals surface area contributed by atoms with Gasteiger partial charge in [-0.1, -0.05) is 6.07 Å². The van der Waals surface area contributed by atoms with Crippen molar-refractivity contribution in [1.29, 1.82) is 0 Å². The standard InChI is InChI=1S/C13H16F3N3O/c14-13(15,16)9-2-1-3-10(6-9)19-11(20)18-8-12(7-17)4-5-12/h1-3,6H,4-5,7-8,17H2,(H2,18,19,20). The molecule has 0 atom stereocenters. The number of nitrogens with one attached hydrogen (secondary N) is 2. The Bertz CT molecular complexity index is 498. The van der Waals surface area contributed by atoms with E-state index in [0.717, 1.165) is 25.0 Å². The topological polar surface area (TPSA) is 67.1 Å². The molecule has 1 saturated carbocycles. The molecular formula is C13H16F3N3O. The molecule has 0 radical (unpaired) electrons. The Balaban J connectivity index is 1.91. The molecule has 7 heteroatoms. The van der Waals surface area contributed by atoms with Crippen LogP contribution in [0.3, 0.4) is 0 Å². The number of halogens is 3. The Morgan fingerprint density at radius 1 is 1.35 bits per heavy atom. The van der Waals surface area contributed by atoms with Crippen molar-refractivity contribution in [3.05, 3.63) is 29.8 Å². The minimum absolute atomic E-state index is 0.0227. The number of alkyl halides is 3. The second-order valence-corrected chi connectivity index (χ2v) is 5.09. The third-order valence-electron chi connectivity index (χ3n) is 3.46. The third kappa shape index (κ3) is 3.63. The van der Waals surface area contributed by atoms with E-state index in [0.29, 0.717) is 13.1 Å². The predicted octanol–water partition coefficient (Wildman–Crippen LogP) is 2.57. The van der Waals surface area contributed by atoms with Gasteiger partial charge in [0.05, 0.1) is 5.56 Å². The summed E-state index contributed by atoms with van der Waals surface area (Å²) in [5.41, 5.74) is 4.87. The smallest absolute Gasteiger partial charge is 0.337 e. The van der Waals surface area contributed by atoms with Crippen molar-refractivity contribution in [3.8, 4) is 0 Å². The lowest BCUT2D eigenvalue weighted by Crippen LogP contribution is -2.36. The summed E-state index contributed by atoms with van der Waals surface area (Å²) in [7, 11) is 0. The van der Waals surface area contributed by atoms with E-state index in [9.17, 15) is 18.0 Å². The molecule has 0 saturated heterocycles. The summed E-state index contributed by atoms with van der Waals surface area (Å²) in [5, 5.41) is 5.02. The Labute approximate surface area is 114 Å². The number of nitrogens with two attached hydrogens (primary N) is 1. The van der Waals surface area contributed by atoms with Gasteiger partial charge in [-0.25, -0.2) is 4.79 Å². The molecule has 1 aliphatic rings. The Morgan fingerprint density at radius 2 is 2.05 bits per heavy atom. The molecule has 0 aliphatic heterocycles. The fourth-order valence-electron chi connectivity index (χ4n) is 1.85. The van der Waals surface area contributed by atoms with Crippen LogP contribution in [0.15, 0.2) is 24.3 Å². The van der Waals surface area contributed by atoms with Crippen LogP contribution in [0.4, 0.5) is 23.7 Å². The first-order valence-corrected chi connectivity index (χ1v) is 6.27. The van der Waals surface area contributed by atoms with E-state index in [2.05, 4.69) is 10.6 Å². The predicted molar refractivity (Wildman–Crippen MR) is 69.2 cm³/mol. The number of carbonyl (C=O) groups excluding carboxylic acids is 1. The van der Waals surface area contributed by atoms with Gasteiger partial charge in [-0.05, 0) is 37.6 Å². The minimum Gasteiger partial charge on any atom is -0.337 e. The van der Waals surface area contributed by atoms with E-state index in [4.69, 9.17) is 5.73 Å². The fraction of sp³-hybridized carbons (Fsp3) is 0.462. The maximum absolute atomic E-state index is 12.5. The molecule has 0 heterocycles. The molecule has 1 aliphatic carbocycles. The van der Waals surface area contributed by atoms with E-state index in [-0.39, 0.29) is 11.1 Å². The molecular weight excluding hydrogens is 271 g/mol. The van der Waals surface area contributed by atoms with Gasteiger partial charge >= 0.3 is 12.2 Å². The van der Waals surface area contributed by atoms with Crippen molar-refractivity contribution < 1.29 is 18.0 Å². The zero-order valence-electron chi connectivity index (χ0n) is 10.8. The Kier molecular flexibility index (Phi) is 3.89. The number of rotatable bonds is 4. The molecule has 2 amide bonds. The molecule has 0 spiro atoms. The summed E-state index contributed by atoms with van der Waals surface area (Å²) in [6.07, 6.45) is -2.49. The van der Waals surface area contributed by atoms with Crippen LogP contribution in [-0.2, 0) is 6.18 Å². The molecule has 1 fully saturated rings. The Hall–Kier alpha value is -1.76. The summed E-state index contributed by atoms with van der Waals surface area (Å²) in [4.78, 5) is 11.6. The first kappa shape index (κ1) is 14.6. The maximum atomic E-state index is 12.5. The largest absolute Gasteiger partial charge is 0.416 e. The second-order valence-electron chi connectivity index (χ2n) is 5.09. The summed E-state index contributed by atoms with van der Waals surface area (Å²) in [6.45, 7) is 0.936. The molecule has 0 aromatic heterocycles. The average Bonchev–Trinajstić information content (AvgIpc) is 3.16. The van der Waals surface area contributed by atoms with Gasteiger partial charge < -0.3 is 16.4 Å². The average molecular weight is 287 g/mol. The number of hydrogen-bond acceptors (Lipinski definition) is 2. The van der Waals surface area contributed by atoms with Crippen LogP contribution in [0.1, 0.15) is 18.4 Å². The molecule has 1 aromatic carbocycles. The first-order valence-electron chi connectivity index (χ1n) is 6.27. The molecule has 1 aromatic rings. The zero-order valence-corrected chi connectivity index (χ0v) is 10.8. The summed E-state index contributed by atoms with van der Waals surface area (Å²) in [6, 6.07) is 3.99. The highest BCUT2D eigenvalue weighted by molar-refractivity contribution is 5.89. The maximum Gasteiger partial charge on any atom is 0.416 e. The quantitative estimate of drug-likeness (QED) is 0.796. The van der Waals surface area contributed by atoms with Crippen molar-refractivity contribution >= 4 is 11.7 Å². The SMILES string of the molecule is NCC1(CNC(=O)Nc2cccc(C(F)(F)F)c2)CC1. The molecule has 0 bridgehead atoms. The fourth-order valence-corrected chi connectivity index (χ4v) is 1.85. The second kappa shape index (κ2) is 5.32. The van der Waals surface area contributed by atoms with Crippen molar-refractivity contribution in [1.82, 2.24) is 5.32 Å². The van der Waals surface area contributed by atoms with Crippen LogP contribution < -0.4 is 16.4 Å². The van der Waals surface area contributed by atoms with Gasteiger partial charge in [0.25, 0.3) is 0 Å². The summed E-state index contributed by atoms with van der Waals surface area (Å²) < 4.78 is 37.6. The van der Waals surface area contributed by atoms with E-state index < -0.39 is 17.8 Å². The van der Waals surface area contributed by atoms with Gasteiger partial charge in [0, 0.05) is 17.6 Å². The van der Waals surface area contributed by atoms with Gasteiger partial charge in [0.15, 0.2) is 0 Å². The summed E-state index contributed by atoms with van der Waals surface area (Å²) >= 11 is 0. The number of benzene rings is 1. The van der Waals surface area contributed by atoms with Crippen molar-refractivity contribution in [2.24, 2.45) is 11.1 Å². The lowest BCUT2D eigenvalue weighted by Gasteiger charge is -2.14. The van der Waals surface area contributed by atoms with Crippen LogP contribution in [0.25, 0.3) is 0 Å². The van der Waals surface area contributed by atoms with Crippen LogP contribution in [0, 0.1) is 5.41 Å². The van der Waals surface area contributed by atoms with Crippen LogP contribution in [-0.4, -0.2) is 19.1 Å². The molecule has 20 heavy (non-hydrogen) atoms. The van der Waals surface area contributed by atoms with E-state index >= 15 is 0 Å². The van der Waals surface area contributed by atoms with Gasteiger partial charge in [0.2, 0.25) is 0 Å². The lowest BCUT2D eigenvalue weighted by atomic mass is 10.1. The highest BCUT2D eigenvalue weighted by Crippen LogP contribution is 2.43. The zero-order chi connectivity index (χ0) is 14.8. The normalized spacial score (nSPS) is 16.6. The molecule has 2 rings (SSSR count). The van der Waals surface area contributed by atoms with Gasteiger partial charge in [-0.2, -0.15) is 13.2 Å². The highest BCUT2D eigenvalue weighted by atomic mass is 19.4. The number of anilines is 1. The van der Waals surface area contributed by atoms with Gasteiger partial charge in [-0.15, -0.1) is 0 Å². The lowest BCUT2D eigenvalue weighted by molar-refractivity contribution is -0.137. The van der Waals surface area contributed by atoms with E-state index in [1.807, 2.05) is 0 Å². The van der Waals surface area contributed by atoms with Crippen molar-refractivity contribution in [2.75, 3.05) is 18.4 Å². The number of amides is 2. The number of hydrogen-bond donors (Lipinski definition) is 3. The molecule has 4 N–H and O–H groups in total. The van der Waals surface area contributed by atoms with Crippen LogP contribution in [0.5, 0.6) is 0 Å². The van der Waals surface area contributed by atoms with Crippen LogP contribution in [0.2, 0.25) is 0 Å². The van der Waals surface area contributed by atoms with E-state index in [1.54, 1.807) is 0 Å². The molecule has 110 valence electrons. The number of carbonyl (C=O) groups is 1.